The predicted molar refractivity (Wildman–Crippen MR) is 67.6 cm³/mol. The van der Waals surface area contributed by atoms with Crippen molar-refractivity contribution in [2.45, 2.75) is 39.2 Å². The van der Waals surface area contributed by atoms with Gasteiger partial charge in [0.2, 0.25) is 0 Å². The van der Waals surface area contributed by atoms with Crippen molar-refractivity contribution in [1.29, 1.82) is 0 Å². The van der Waals surface area contributed by atoms with E-state index in [9.17, 15) is 0 Å². The lowest BCUT2D eigenvalue weighted by Gasteiger charge is -2.42. The Kier molecular flexibility index (Phi) is 2.71. The van der Waals surface area contributed by atoms with E-state index in [0.717, 1.165) is 19.5 Å². The van der Waals surface area contributed by atoms with Gasteiger partial charge in [0.05, 0.1) is 5.69 Å². The Hall–Kier alpha value is -0.870. The van der Waals surface area contributed by atoms with E-state index in [1.54, 1.807) is 0 Å². The van der Waals surface area contributed by atoms with Crippen molar-refractivity contribution in [1.82, 2.24) is 19.8 Å². The van der Waals surface area contributed by atoms with Gasteiger partial charge in [-0.1, -0.05) is 13.8 Å². The van der Waals surface area contributed by atoms with Crippen LogP contribution in [0.2, 0.25) is 0 Å². The van der Waals surface area contributed by atoms with Crippen molar-refractivity contribution < 1.29 is 0 Å². The molecule has 0 spiro atoms. The molecule has 1 aromatic rings. The zero-order chi connectivity index (χ0) is 12.0. The van der Waals surface area contributed by atoms with Crippen LogP contribution in [0, 0.1) is 0 Å². The monoisotopic (exact) mass is 234 g/mol. The van der Waals surface area contributed by atoms with E-state index in [-0.39, 0.29) is 0 Å². The number of rotatable bonds is 2. The molecule has 0 aromatic carbocycles. The molecule has 0 atom stereocenters. The summed E-state index contributed by atoms with van der Waals surface area (Å²) in [5.41, 5.74) is 4.24. The fourth-order valence-electron chi connectivity index (χ4n) is 3.05. The molecule has 0 N–H and O–H groups in total. The molecule has 4 nitrogen and oxygen atoms in total. The normalized spacial score (nSPS) is 21.6. The van der Waals surface area contributed by atoms with Crippen molar-refractivity contribution in [3.63, 3.8) is 0 Å². The number of hydrogen-bond acceptors (Lipinski definition) is 3. The van der Waals surface area contributed by atoms with E-state index in [1.165, 1.54) is 36.5 Å². The highest BCUT2D eigenvalue weighted by atomic mass is 15.6. The Morgan fingerprint density at radius 1 is 1.12 bits per heavy atom. The Morgan fingerprint density at radius 3 is 2.47 bits per heavy atom. The van der Waals surface area contributed by atoms with Crippen molar-refractivity contribution in [2.24, 2.45) is 7.05 Å². The molecule has 0 bridgehead atoms. The van der Waals surface area contributed by atoms with E-state index < -0.39 is 0 Å². The Balaban J connectivity index is 1.88. The SMILES string of the molecule is CC(C)c1c2c(nn1C)CCN(N1CCC1)C2. The summed E-state index contributed by atoms with van der Waals surface area (Å²) < 4.78 is 2.09. The maximum absolute atomic E-state index is 4.68. The quantitative estimate of drug-likeness (QED) is 0.775. The van der Waals surface area contributed by atoms with Gasteiger partial charge in [-0.05, 0) is 12.3 Å². The van der Waals surface area contributed by atoms with Crippen molar-refractivity contribution in [3.8, 4) is 0 Å². The molecule has 2 aliphatic heterocycles. The first-order valence-electron chi connectivity index (χ1n) is 6.71. The van der Waals surface area contributed by atoms with Crippen LogP contribution in [0.25, 0.3) is 0 Å². The summed E-state index contributed by atoms with van der Waals surface area (Å²) >= 11 is 0. The third-order valence-electron chi connectivity index (χ3n) is 4.00. The minimum absolute atomic E-state index is 0.563. The number of hydrazine groups is 1. The molecule has 1 saturated heterocycles. The molecular formula is C13H22N4. The van der Waals surface area contributed by atoms with Crippen LogP contribution in [0.15, 0.2) is 0 Å². The summed E-state index contributed by atoms with van der Waals surface area (Å²) in [5.74, 6) is 0.563. The Bertz CT molecular complexity index is 417. The topological polar surface area (TPSA) is 24.3 Å². The lowest BCUT2D eigenvalue weighted by molar-refractivity contribution is -0.0827. The zero-order valence-electron chi connectivity index (χ0n) is 11.1. The van der Waals surface area contributed by atoms with Gasteiger partial charge in [-0.3, -0.25) is 4.68 Å². The van der Waals surface area contributed by atoms with Crippen molar-refractivity contribution in [2.75, 3.05) is 19.6 Å². The summed E-state index contributed by atoms with van der Waals surface area (Å²) in [5, 5.41) is 9.68. The van der Waals surface area contributed by atoms with Crippen LogP contribution in [0.3, 0.4) is 0 Å². The molecule has 94 valence electrons. The Labute approximate surface area is 103 Å². The molecule has 17 heavy (non-hydrogen) atoms. The molecule has 1 aromatic heterocycles. The second kappa shape index (κ2) is 4.10. The van der Waals surface area contributed by atoms with Crippen LogP contribution >= 0.6 is 0 Å². The summed E-state index contributed by atoms with van der Waals surface area (Å²) in [6, 6.07) is 0. The summed E-state index contributed by atoms with van der Waals surface area (Å²) in [7, 11) is 2.08. The lowest BCUT2D eigenvalue weighted by Crippen LogP contribution is -2.52. The fraction of sp³-hybridized carbons (Fsp3) is 0.769. The first-order valence-corrected chi connectivity index (χ1v) is 6.71. The minimum atomic E-state index is 0.563. The highest BCUT2D eigenvalue weighted by Crippen LogP contribution is 2.28. The van der Waals surface area contributed by atoms with Crippen LogP contribution in [0.1, 0.15) is 43.1 Å². The lowest BCUT2D eigenvalue weighted by atomic mass is 10.00. The predicted octanol–water partition coefficient (Wildman–Crippen LogP) is 1.52. The zero-order valence-corrected chi connectivity index (χ0v) is 11.1. The average Bonchev–Trinajstić information content (AvgIpc) is 2.50. The minimum Gasteiger partial charge on any atom is -0.272 e. The highest BCUT2D eigenvalue weighted by molar-refractivity contribution is 5.30. The number of fused-ring (bicyclic) bond motifs is 1. The molecule has 0 aliphatic carbocycles. The fourth-order valence-corrected chi connectivity index (χ4v) is 3.05. The second-order valence-corrected chi connectivity index (χ2v) is 5.53. The van der Waals surface area contributed by atoms with Gasteiger partial charge in [0.1, 0.15) is 0 Å². The second-order valence-electron chi connectivity index (χ2n) is 5.53. The molecule has 3 heterocycles. The number of hydrogen-bond donors (Lipinski definition) is 0. The maximum Gasteiger partial charge on any atom is 0.0686 e. The van der Waals surface area contributed by atoms with Crippen LogP contribution in [-0.2, 0) is 20.0 Å². The Morgan fingerprint density at radius 2 is 1.88 bits per heavy atom. The standard InChI is InChI=1S/C13H22N4/c1-10(2)13-11-9-17(16-6-4-7-16)8-5-12(11)14-15(13)3/h10H,4-9H2,1-3H3. The van der Waals surface area contributed by atoms with Gasteiger partial charge in [0.25, 0.3) is 0 Å². The van der Waals surface area contributed by atoms with E-state index in [2.05, 4.69) is 40.7 Å². The van der Waals surface area contributed by atoms with Gasteiger partial charge in [-0.2, -0.15) is 5.10 Å². The highest BCUT2D eigenvalue weighted by Gasteiger charge is 2.29. The largest absolute Gasteiger partial charge is 0.272 e. The van der Waals surface area contributed by atoms with Gasteiger partial charge in [-0.25, -0.2) is 10.0 Å². The van der Waals surface area contributed by atoms with Crippen molar-refractivity contribution in [3.05, 3.63) is 17.0 Å². The van der Waals surface area contributed by atoms with Crippen LogP contribution in [-0.4, -0.2) is 39.4 Å². The summed E-state index contributed by atoms with van der Waals surface area (Å²) in [6.07, 6.45) is 2.46. The van der Waals surface area contributed by atoms with Gasteiger partial charge >= 0.3 is 0 Å². The molecule has 0 amide bonds. The number of aryl methyl sites for hydroxylation is 1. The van der Waals surface area contributed by atoms with E-state index in [4.69, 9.17) is 0 Å². The van der Waals surface area contributed by atoms with Gasteiger partial charge in [0.15, 0.2) is 0 Å². The first-order chi connectivity index (χ1) is 8.16. The molecule has 0 radical (unpaired) electrons. The molecule has 4 heteroatoms. The van der Waals surface area contributed by atoms with Crippen LogP contribution in [0.4, 0.5) is 0 Å². The third kappa shape index (κ3) is 1.79. The maximum atomic E-state index is 4.68. The van der Waals surface area contributed by atoms with E-state index in [1.807, 2.05) is 0 Å². The summed E-state index contributed by atoms with van der Waals surface area (Å²) in [6.45, 7) is 9.22. The van der Waals surface area contributed by atoms with Gasteiger partial charge in [0, 0.05) is 50.9 Å². The average molecular weight is 234 g/mol. The van der Waals surface area contributed by atoms with E-state index in [0.29, 0.717) is 5.92 Å². The molecule has 0 unspecified atom stereocenters. The third-order valence-corrected chi connectivity index (χ3v) is 4.00. The molecule has 3 rings (SSSR count). The van der Waals surface area contributed by atoms with Gasteiger partial charge in [-0.15, -0.1) is 0 Å². The number of nitrogens with zero attached hydrogens (tertiary/aromatic N) is 4. The smallest absolute Gasteiger partial charge is 0.0686 e. The van der Waals surface area contributed by atoms with Crippen molar-refractivity contribution >= 4 is 0 Å². The van der Waals surface area contributed by atoms with Crippen LogP contribution < -0.4 is 0 Å². The van der Waals surface area contributed by atoms with E-state index >= 15 is 0 Å². The number of aromatic nitrogens is 2. The van der Waals surface area contributed by atoms with Crippen LogP contribution in [0.5, 0.6) is 0 Å². The molecular weight excluding hydrogens is 212 g/mol. The first kappa shape index (κ1) is 11.2. The van der Waals surface area contributed by atoms with Gasteiger partial charge < -0.3 is 0 Å². The molecule has 2 aliphatic rings. The summed E-state index contributed by atoms with van der Waals surface area (Å²) in [4.78, 5) is 0. The molecule has 1 fully saturated rings. The molecule has 0 saturated carbocycles.